The Kier molecular flexibility index (Phi) is 6.47. The van der Waals surface area contributed by atoms with Crippen molar-refractivity contribution in [2.24, 2.45) is 0 Å². The second-order valence-corrected chi connectivity index (χ2v) is 9.26. The van der Waals surface area contributed by atoms with Gasteiger partial charge in [0.1, 0.15) is 0 Å². The van der Waals surface area contributed by atoms with E-state index in [9.17, 15) is 19.7 Å². The van der Waals surface area contributed by atoms with Crippen molar-refractivity contribution in [1.29, 1.82) is 0 Å². The molecule has 1 N–H and O–H groups in total. The topological polar surface area (TPSA) is 107 Å². The molecule has 3 aromatic carbocycles. The second kappa shape index (κ2) is 9.48. The number of thioether (sulfide) groups is 1. The van der Waals surface area contributed by atoms with Crippen LogP contribution in [0.25, 0.3) is 16.6 Å². The molecule has 1 amide bonds. The summed E-state index contributed by atoms with van der Waals surface area (Å²) in [5, 5.41) is 14.0. The molecule has 1 heterocycles. The summed E-state index contributed by atoms with van der Waals surface area (Å²) in [5.74, 6) is -0.361. The Bertz CT molecular complexity index is 1460. The van der Waals surface area contributed by atoms with Gasteiger partial charge in [-0.25, -0.2) is 4.98 Å². The molecule has 8 nitrogen and oxygen atoms in total. The van der Waals surface area contributed by atoms with Gasteiger partial charge in [0.15, 0.2) is 5.16 Å². The Morgan fingerprint density at radius 3 is 2.47 bits per heavy atom. The van der Waals surface area contributed by atoms with Gasteiger partial charge in [0.05, 0.1) is 26.8 Å². The molecule has 0 aliphatic carbocycles. The number of rotatable bonds is 6. The Labute approximate surface area is 199 Å². The van der Waals surface area contributed by atoms with Crippen molar-refractivity contribution in [2.75, 3.05) is 5.32 Å². The summed E-state index contributed by atoms with van der Waals surface area (Å²) in [5.41, 5.74) is 3.22. The van der Waals surface area contributed by atoms with Crippen LogP contribution in [0.4, 0.5) is 11.4 Å². The van der Waals surface area contributed by atoms with E-state index in [0.29, 0.717) is 27.4 Å². The molecule has 0 bridgehead atoms. The lowest BCUT2D eigenvalue weighted by Crippen LogP contribution is -2.26. The number of aryl methyl sites for hydroxylation is 2. The van der Waals surface area contributed by atoms with Crippen LogP contribution in [0, 0.1) is 24.0 Å². The molecular formula is C25H22N4O4S. The van der Waals surface area contributed by atoms with E-state index in [-0.39, 0.29) is 17.2 Å². The maximum atomic E-state index is 13.5. The van der Waals surface area contributed by atoms with Crippen LogP contribution in [0.15, 0.2) is 76.7 Å². The maximum Gasteiger partial charge on any atom is 0.271 e. The van der Waals surface area contributed by atoms with Gasteiger partial charge in [0.2, 0.25) is 5.91 Å². The molecule has 1 atom stereocenters. The van der Waals surface area contributed by atoms with E-state index >= 15 is 0 Å². The van der Waals surface area contributed by atoms with Crippen molar-refractivity contribution in [3.8, 4) is 5.69 Å². The zero-order valence-electron chi connectivity index (χ0n) is 18.8. The molecule has 4 aromatic rings. The van der Waals surface area contributed by atoms with Gasteiger partial charge in [-0.3, -0.25) is 24.3 Å². The van der Waals surface area contributed by atoms with Gasteiger partial charge in [0, 0.05) is 17.8 Å². The first kappa shape index (κ1) is 23.2. The van der Waals surface area contributed by atoms with Crippen LogP contribution in [-0.4, -0.2) is 25.6 Å². The Balaban J connectivity index is 1.72. The number of nitrogens with zero attached hydrogens (tertiary/aromatic N) is 3. The first-order chi connectivity index (χ1) is 16.2. The third-order valence-electron chi connectivity index (χ3n) is 5.19. The van der Waals surface area contributed by atoms with Crippen molar-refractivity contribution in [1.82, 2.24) is 9.55 Å². The third kappa shape index (κ3) is 4.84. The zero-order chi connectivity index (χ0) is 24.4. The lowest BCUT2D eigenvalue weighted by atomic mass is 10.1. The predicted octanol–water partition coefficient (Wildman–Crippen LogP) is 5.03. The fourth-order valence-corrected chi connectivity index (χ4v) is 4.58. The molecule has 1 aromatic heterocycles. The highest BCUT2D eigenvalue weighted by Crippen LogP contribution is 2.27. The molecule has 0 aliphatic heterocycles. The number of amides is 1. The molecule has 34 heavy (non-hydrogen) atoms. The summed E-state index contributed by atoms with van der Waals surface area (Å²) < 4.78 is 1.53. The molecule has 1 unspecified atom stereocenters. The fourth-order valence-electron chi connectivity index (χ4n) is 3.65. The monoisotopic (exact) mass is 474 g/mol. The number of hydrogen-bond acceptors (Lipinski definition) is 6. The number of carbonyl (C=O) groups excluding carboxylic acids is 1. The summed E-state index contributed by atoms with van der Waals surface area (Å²) >= 11 is 1.15. The van der Waals surface area contributed by atoms with Crippen molar-refractivity contribution in [3.05, 3.63) is 98.3 Å². The second-order valence-electron chi connectivity index (χ2n) is 7.95. The van der Waals surface area contributed by atoms with E-state index in [4.69, 9.17) is 4.98 Å². The van der Waals surface area contributed by atoms with E-state index in [1.807, 2.05) is 38.1 Å². The number of hydrogen-bond donors (Lipinski definition) is 1. The smallest absolute Gasteiger partial charge is 0.271 e. The number of benzene rings is 3. The van der Waals surface area contributed by atoms with Crippen LogP contribution < -0.4 is 10.9 Å². The number of fused-ring (bicyclic) bond motifs is 1. The number of para-hydroxylation sites is 1. The highest BCUT2D eigenvalue weighted by Gasteiger charge is 2.21. The van der Waals surface area contributed by atoms with Gasteiger partial charge in [0.25, 0.3) is 11.2 Å². The molecule has 0 radical (unpaired) electrons. The molecule has 0 spiro atoms. The van der Waals surface area contributed by atoms with Crippen LogP contribution in [0.1, 0.15) is 18.1 Å². The minimum atomic E-state index is -0.635. The Hall–Kier alpha value is -3.98. The molecule has 0 aliphatic rings. The fraction of sp³-hybridized carbons (Fsp3) is 0.160. The van der Waals surface area contributed by atoms with E-state index in [2.05, 4.69) is 5.32 Å². The average Bonchev–Trinajstić information content (AvgIpc) is 2.78. The van der Waals surface area contributed by atoms with Crippen LogP contribution in [-0.2, 0) is 4.79 Å². The molecule has 9 heteroatoms. The zero-order valence-corrected chi connectivity index (χ0v) is 19.6. The quantitative estimate of drug-likeness (QED) is 0.182. The lowest BCUT2D eigenvalue weighted by Gasteiger charge is -2.17. The first-order valence-corrected chi connectivity index (χ1v) is 11.4. The van der Waals surface area contributed by atoms with Gasteiger partial charge in [-0.1, -0.05) is 36.0 Å². The van der Waals surface area contributed by atoms with Gasteiger partial charge < -0.3 is 5.32 Å². The third-order valence-corrected chi connectivity index (χ3v) is 6.24. The SMILES string of the molecule is Cc1cc(C)cc(-n2c(SC(C)C(=O)Nc3cccc([N+](=O)[O-])c3)nc3ccccc3c2=O)c1. The summed E-state index contributed by atoms with van der Waals surface area (Å²) in [6.07, 6.45) is 0. The molecule has 0 saturated carbocycles. The normalized spacial score (nSPS) is 11.9. The van der Waals surface area contributed by atoms with E-state index in [1.165, 1.54) is 22.8 Å². The Morgan fingerprint density at radius 2 is 1.76 bits per heavy atom. The van der Waals surface area contributed by atoms with E-state index in [0.717, 1.165) is 22.9 Å². The van der Waals surface area contributed by atoms with E-state index < -0.39 is 10.2 Å². The standard InChI is InChI=1S/C25H22N4O4S/c1-15-11-16(2)13-20(12-15)28-24(31)21-9-4-5-10-22(21)27-25(28)34-17(3)23(30)26-18-7-6-8-19(14-18)29(32)33/h4-14,17H,1-3H3,(H,26,30). The minimum absolute atomic E-state index is 0.113. The van der Waals surface area contributed by atoms with Crippen LogP contribution in [0.3, 0.4) is 0 Å². The summed E-state index contributed by atoms with van der Waals surface area (Å²) in [4.78, 5) is 41.5. The van der Waals surface area contributed by atoms with E-state index in [1.54, 1.807) is 31.2 Å². The van der Waals surface area contributed by atoms with Gasteiger partial charge in [-0.15, -0.1) is 0 Å². The highest BCUT2D eigenvalue weighted by molar-refractivity contribution is 8.00. The van der Waals surface area contributed by atoms with Crippen LogP contribution in [0.2, 0.25) is 0 Å². The molecule has 4 rings (SSSR count). The molecule has 0 fully saturated rings. The molecule has 172 valence electrons. The van der Waals surface area contributed by atoms with Gasteiger partial charge in [-0.2, -0.15) is 0 Å². The average molecular weight is 475 g/mol. The van der Waals surface area contributed by atoms with Gasteiger partial charge in [-0.05, 0) is 62.2 Å². The minimum Gasteiger partial charge on any atom is -0.325 e. The largest absolute Gasteiger partial charge is 0.325 e. The van der Waals surface area contributed by atoms with Gasteiger partial charge >= 0.3 is 0 Å². The Morgan fingerprint density at radius 1 is 1.06 bits per heavy atom. The number of aromatic nitrogens is 2. The lowest BCUT2D eigenvalue weighted by molar-refractivity contribution is -0.384. The molecular weight excluding hydrogens is 452 g/mol. The van der Waals surface area contributed by atoms with Crippen molar-refractivity contribution in [2.45, 2.75) is 31.2 Å². The summed E-state index contributed by atoms with van der Waals surface area (Å²) in [7, 11) is 0. The number of anilines is 1. The number of non-ortho nitro benzene ring substituents is 1. The number of carbonyl (C=O) groups is 1. The summed E-state index contributed by atoms with van der Waals surface area (Å²) in [6, 6.07) is 18.7. The number of nitrogens with one attached hydrogen (secondary N) is 1. The highest BCUT2D eigenvalue weighted by atomic mass is 32.2. The van der Waals surface area contributed by atoms with Crippen molar-refractivity contribution in [3.63, 3.8) is 0 Å². The van der Waals surface area contributed by atoms with Crippen molar-refractivity contribution >= 4 is 39.9 Å². The first-order valence-electron chi connectivity index (χ1n) is 10.6. The van der Waals surface area contributed by atoms with Crippen LogP contribution in [0.5, 0.6) is 0 Å². The predicted molar refractivity (Wildman–Crippen MR) is 134 cm³/mol. The van der Waals surface area contributed by atoms with Crippen molar-refractivity contribution < 1.29 is 9.72 Å². The maximum absolute atomic E-state index is 13.5. The molecule has 0 saturated heterocycles. The number of nitro groups is 1. The number of nitro benzene ring substituents is 1. The van der Waals surface area contributed by atoms with Crippen LogP contribution >= 0.6 is 11.8 Å². The summed E-state index contributed by atoms with van der Waals surface area (Å²) in [6.45, 7) is 5.61.